The largest absolute Gasteiger partial charge is 0.457 e. The Morgan fingerprint density at radius 2 is 1.58 bits per heavy atom. The molecule has 0 unspecified atom stereocenters. The van der Waals surface area contributed by atoms with Crippen LogP contribution in [0.25, 0.3) is 0 Å². The molecule has 3 rings (SSSR count). The quantitative estimate of drug-likeness (QED) is 0.619. The van der Waals surface area contributed by atoms with Crippen LogP contribution in [0.3, 0.4) is 0 Å². The second-order valence-electron chi connectivity index (χ2n) is 5.38. The fourth-order valence-corrected chi connectivity index (χ4v) is 2.81. The molecule has 0 aromatic heterocycles. The van der Waals surface area contributed by atoms with E-state index in [4.69, 9.17) is 4.74 Å². The predicted octanol–water partition coefficient (Wildman–Crippen LogP) is 5.80. The van der Waals surface area contributed by atoms with Crippen LogP contribution < -0.4 is 10.1 Å². The van der Waals surface area contributed by atoms with Crippen molar-refractivity contribution in [3.05, 3.63) is 88.4 Å². The first kappa shape index (κ1) is 16.3. The highest BCUT2D eigenvalue weighted by Gasteiger charge is 2.09. The Morgan fingerprint density at radius 1 is 0.917 bits per heavy atom. The molecule has 0 aliphatic carbocycles. The first-order valence-electron chi connectivity index (χ1n) is 7.52. The van der Waals surface area contributed by atoms with E-state index in [-0.39, 0.29) is 5.91 Å². The minimum Gasteiger partial charge on any atom is -0.457 e. The van der Waals surface area contributed by atoms with Gasteiger partial charge in [-0.2, -0.15) is 0 Å². The van der Waals surface area contributed by atoms with E-state index in [9.17, 15) is 4.79 Å². The standard InChI is InChI=1S/C20H16BrNO2/c1-14-7-12-19(18(21)13-14)22-20(23)15-8-10-17(11-9-15)24-16-5-3-2-4-6-16/h2-13H,1H3,(H,22,23). The zero-order valence-electron chi connectivity index (χ0n) is 13.1. The smallest absolute Gasteiger partial charge is 0.255 e. The van der Waals surface area contributed by atoms with E-state index in [1.807, 2.05) is 55.5 Å². The highest BCUT2D eigenvalue weighted by atomic mass is 79.9. The van der Waals surface area contributed by atoms with E-state index in [0.29, 0.717) is 11.3 Å². The number of carbonyl (C=O) groups excluding carboxylic acids is 1. The summed E-state index contributed by atoms with van der Waals surface area (Å²) in [5, 5.41) is 2.90. The van der Waals surface area contributed by atoms with Gasteiger partial charge in [-0.3, -0.25) is 4.79 Å². The molecule has 3 aromatic carbocycles. The molecule has 0 radical (unpaired) electrons. The molecule has 24 heavy (non-hydrogen) atoms. The summed E-state index contributed by atoms with van der Waals surface area (Å²) in [6, 6.07) is 22.4. The van der Waals surface area contributed by atoms with Gasteiger partial charge in [-0.05, 0) is 76.9 Å². The normalized spacial score (nSPS) is 10.2. The summed E-state index contributed by atoms with van der Waals surface area (Å²) in [5.74, 6) is 1.29. The van der Waals surface area contributed by atoms with Crippen LogP contribution in [-0.4, -0.2) is 5.91 Å². The number of hydrogen-bond acceptors (Lipinski definition) is 2. The van der Waals surface area contributed by atoms with Gasteiger partial charge in [-0.15, -0.1) is 0 Å². The van der Waals surface area contributed by atoms with Crippen molar-refractivity contribution in [1.29, 1.82) is 0 Å². The number of para-hydroxylation sites is 1. The fourth-order valence-electron chi connectivity index (χ4n) is 2.21. The van der Waals surface area contributed by atoms with Gasteiger partial charge in [0.05, 0.1) is 5.69 Å². The summed E-state index contributed by atoms with van der Waals surface area (Å²) in [6.07, 6.45) is 0. The Hall–Kier alpha value is -2.59. The molecular formula is C20H16BrNO2. The molecule has 0 atom stereocenters. The number of hydrogen-bond donors (Lipinski definition) is 1. The fraction of sp³-hybridized carbons (Fsp3) is 0.0500. The molecule has 0 aliphatic heterocycles. The molecule has 4 heteroatoms. The van der Waals surface area contributed by atoms with Crippen LogP contribution in [0.1, 0.15) is 15.9 Å². The van der Waals surface area contributed by atoms with E-state index in [1.165, 1.54) is 0 Å². The molecule has 120 valence electrons. The van der Waals surface area contributed by atoms with E-state index >= 15 is 0 Å². The third-order valence-corrected chi connectivity index (χ3v) is 4.12. The second kappa shape index (κ2) is 7.32. The topological polar surface area (TPSA) is 38.3 Å². The van der Waals surface area contributed by atoms with Gasteiger partial charge in [0, 0.05) is 10.0 Å². The first-order chi connectivity index (χ1) is 11.6. The van der Waals surface area contributed by atoms with Crippen LogP contribution >= 0.6 is 15.9 Å². The lowest BCUT2D eigenvalue weighted by Crippen LogP contribution is -2.12. The maximum absolute atomic E-state index is 12.3. The highest BCUT2D eigenvalue weighted by Crippen LogP contribution is 2.25. The zero-order chi connectivity index (χ0) is 16.9. The molecule has 3 aromatic rings. The second-order valence-corrected chi connectivity index (χ2v) is 6.23. The van der Waals surface area contributed by atoms with Crippen molar-refractivity contribution in [2.75, 3.05) is 5.32 Å². The van der Waals surface area contributed by atoms with Crippen LogP contribution in [0.15, 0.2) is 77.3 Å². The van der Waals surface area contributed by atoms with E-state index in [0.717, 1.165) is 21.5 Å². The third-order valence-electron chi connectivity index (χ3n) is 3.47. The average Bonchev–Trinajstić information content (AvgIpc) is 2.59. The molecular weight excluding hydrogens is 366 g/mol. The third kappa shape index (κ3) is 4.03. The number of benzene rings is 3. The van der Waals surface area contributed by atoms with Crippen LogP contribution in [0, 0.1) is 6.92 Å². The van der Waals surface area contributed by atoms with Gasteiger partial charge < -0.3 is 10.1 Å². The van der Waals surface area contributed by atoms with E-state index < -0.39 is 0 Å². The molecule has 0 bridgehead atoms. The zero-order valence-corrected chi connectivity index (χ0v) is 14.7. The van der Waals surface area contributed by atoms with Crippen molar-refractivity contribution in [2.24, 2.45) is 0 Å². The number of amides is 1. The van der Waals surface area contributed by atoms with Gasteiger partial charge in [0.25, 0.3) is 5.91 Å². The summed E-state index contributed by atoms with van der Waals surface area (Å²) in [5.41, 5.74) is 2.44. The Bertz CT molecular complexity index is 845. The lowest BCUT2D eigenvalue weighted by atomic mass is 10.2. The molecule has 1 N–H and O–H groups in total. The minimum atomic E-state index is -0.161. The van der Waals surface area contributed by atoms with Gasteiger partial charge >= 0.3 is 0 Å². The maximum Gasteiger partial charge on any atom is 0.255 e. The minimum absolute atomic E-state index is 0.161. The SMILES string of the molecule is Cc1ccc(NC(=O)c2ccc(Oc3ccccc3)cc2)c(Br)c1. The Morgan fingerprint density at radius 3 is 2.25 bits per heavy atom. The summed E-state index contributed by atoms with van der Waals surface area (Å²) in [6.45, 7) is 2.00. The first-order valence-corrected chi connectivity index (χ1v) is 8.31. The summed E-state index contributed by atoms with van der Waals surface area (Å²) < 4.78 is 6.59. The number of nitrogens with one attached hydrogen (secondary N) is 1. The average molecular weight is 382 g/mol. The molecule has 3 nitrogen and oxygen atoms in total. The van der Waals surface area contributed by atoms with Gasteiger partial charge in [-0.1, -0.05) is 24.3 Å². The van der Waals surface area contributed by atoms with E-state index in [1.54, 1.807) is 24.3 Å². The van der Waals surface area contributed by atoms with Gasteiger partial charge in [0.2, 0.25) is 0 Å². The number of halogens is 1. The van der Waals surface area contributed by atoms with Crippen molar-refractivity contribution in [1.82, 2.24) is 0 Å². The van der Waals surface area contributed by atoms with Crippen molar-refractivity contribution in [3.63, 3.8) is 0 Å². The molecule has 0 heterocycles. The summed E-state index contributed by atoms with van der Waals surface area (Å²) >= 11 is 3.46. The van der Waals surface area contributed by atoms with Crippen LogP contribution in [0.2, 0.25) is 0 Å². The van der Waals surface area contributed by atoms with Crippen molar-refractivity contribution >= 4 is 27.5 Å². The van der Waals surface area contributed by atoms with Gasteiger partial charge in [-0.25, -0.2) is 0 Å². The monoisotopic (exact) mass is 381 g/mol. The number of ether oxygens (including phenoxy) is 1. The number of rotatable bonds is 4. The lowest BCUT2D eigenvalue weighted by molar-refractivity contribution is 0.102. The van der Waals surface area contributed by atoms with Crippen molar-refractivity contribution < 1.29 is 9.53 Å². The number of aryl methyl sites for hydroxylation is 1. The van der Waals surface area contributed by atoms with Gasteiger partial charge in [0.1, 0.15) is 11.5 Å². The molecule has 0 fully saturated rings. The Labute approximate surface area is 149 Å². The predicted molar refractivity (Wildman–Crippen MR) is 99.8 cm³/mol. The molecule has 0 aliphatic rings. The molecule has 0 saturated carbocycles. The maximum atomic E-state index is 12.3. The van der Waals surface area contributed by atoms with Crippen molar-refractivity contribution in [3.8, 4) is 11.5 Å². The number of carbonyl (C=O) groups is 1. The van der Waals surface area contributed by atoms with Crippen LogP contribution in [0.4, 0.5) is 5.69 Å². The van der Waals surface area contributed by atoms with Crippen LogP contribution in [0.5, 0.6) is 11.5 Å². The lowest BCUT2D eigenvalue weighted by Gasteiger charge is -2.09. The Kier molecular flexibility index (Phi) is 4.96. The molecule has 1 amide bonds. The number of anilines is 1. The Balaban J connectivity index is 1.69. The van der Waals surface area contributed by atoms with Crippen molar-refractivity contribution in [2.45, 2.75) is 6.92 Å². The highest BCUT2D eigenvalue weighted by molar-refractivity contribution is 9.10. The molecule has 0 spiro atoms. The summed E-state index contributed by atoms with van der Waals surface area (Å²) in [7, 11) is 0. The summed E-state index contributed by atoms with van der Waals surface area (Å²) in [4.78, 5) is 12.3. The van der Waals surface area contributed by atoms with Gasteiger partial charge in [0.15, 0.2) is 0 Å². The van der Waals surface area contributed by atoms with Crippen LogP contribution in [-0.2, 0) is 0 Å². The van der Waals surface area contributed by atoms with E-state index in [2.05, 4.69) is 21.2 Å². The molecule has 0 saturated heterocycles.